The van der Waals surface area contributed by atoms with E-state index in [4.69, 9.17) is 16.0 Å². The lowest BCUT2D eigenvalue weighted by Crippen LogP contribution is -2.08. The molecule has 0 aliphatic carbocycles. The highest BCUT2D eigenvalue weighted by molar-refractivity contribution is 6.30. The molecule has 10 heteroatoms. The minimum absolute atomic E-state index is 0.0439. The Bertz CT molecular complexity index is 919. The van der Waals surface area contributed by atoms with E-state index in [-0.39, 0.29) is 29.6 Å². The summed E-state index contributed by atoms with van der Waals surface area (Å²) in [7, 11) is 0. The molecule has 148 valence electrons. The van der Waals surface area contributed by atoms with Crippen molar-refractivity contribution in [3.63, 3.8) is 0 Å². The Hall–Kier alpha value is -2.94. The molecule has 0 radical (unpaired) electrons. The molecule has 0 amide bonds. The zero-order valence-electron chi connectivity index (χ0n) is 14.0. The van der Waals surface area contributed by atoms with Crippen LogP contribution in [-0.2, 0) is 6.54 Å². The molecule has 0 saturated carbocycles. The Morgan fingerprint density at radius 1 is 1.00 bits per heavy atom. The molecule has 0 bridgehead atoms. The Balaban J connectivity index is 1.72. The van der Waals surface area contributed by atoms with Crippen molar-refractivity contribution in [3.05, 3.63) is 59.6 Å². The first-order valence-electron chi connectivity index (χ1n) is 7.89. The first-order valence-corrected chi connectivity index (χ1v) is 8.26. The molecule has 3 aromatic rings. The SMILES string of the molecule is FC(F)Oc1ccc(NCc2ncc(-c3ccc(Cl)cc3)o2)c(OC(F)F)c1. The second kappa shape index (κ2) is 8.83. The van der Waals surface area contributed by atoms with Crippen molar-refractivity contribution in [3.8, 4) is 22.8 Å². The molecule has 0 unspecified atom stereocenters. The fraction of sp³-hybridized carbons (Fsp3) is 0.167. The fourth-order valence-corrected chi connectivity index (χ4v) is 2.45. The maximum atomic E-state index is 12.6. The van der Waals surface area contributed by atoms with Crippen molar-refractivity contribution < 1.29 is 31.5 Å². The number of halogens is 5. The molecule has 1 heterocycles. The zero-order valence-corrected chi connectivity index (χ0v) is 14.8. The summed E-state index contributed by atoms with van der Waals surface area (Å²) >= 11 is 5.84. The van der Waals surface area contributed by atoms with E-state index < -0.39 is 13.2 Å². The van der Waals surface area contributed by atoms with Gasteiger partial charge in [0.25, 0.3) is 0 Å². The molecule has 0 spiro atoms. The van der Waals surface area contributed by atoms with Gasteiger partial charge in [-0.2, -0.15) is 17.6 Å². The van der Waals surface area contributed by atoms with Gasteiger partial charge in [-0.1, -0.05) is 11.6 Å². The Kier molecular flexibility index (Phi) is 6.25. The van der Waals surface area contributed by atoms with E-state index in [1.165, 1.54) is 18.3 Å². The maximum Gasteiger partial charge on any atom is 0.387 e. The fourth-order valence-electron chi connectivity index (χ4n) is 2.33. The molecule has 0 aliphatic rings. The number of oxazole rings is 1. The Morgan fingerprint density at radius 2 is 1.71 bits per heavy atom. The summed E-state index contributed by atoms with van der Waals surface area (Å²) < 4.78 is 63.9. The van der Waals surface area contributed by atoms with Crippen LogP contribution in [-0.4, -0.2) is 18.2 Å². The van der Waals surface area contributed by atoms with Gasteiger partial charge in [-0.25, -0.2) is 4.98 Å². The lowest BCUT2D eigenvalue weighted by atomic mass is 10.2. The lowest BCUT2D eigenvalue weighted by molar-refractivity contribution is -0.0539. The van der Waals surface area contributed by atoms with Gasteiger partial charge in [0.05, 0.1) is 18.4 Å². The van der Waals surface area contributed by atoms with Crippen LogP contribution >= 0.6 is 11.6 Å². The topological polar surface area (TPSA) is 56.5 Å². The summed E-state index contributed by atoms with van der Waals surface area (Å²) in [6.07, 6.45) is 1.51. The number of aromatic nitrogens is 1. The predicted octanol–water partition coefficient (Wildman–Crippen LogP) is 5.81. The number of nitrogens with zero attached hydrogens (tertiary/aromatic N) is 1. The molecule has 28 heavy (non-hydrogen) atoms. The highest BCUT2D eigenvalue weighted by atomic mass is 35.5. The van der Waals surface area contributed by atoms with Crippen molar-refractivity contribution in [2.75, 3.05) is 5.32 Å². The third-order valence-electron chi connectivity index (χ3n) is 3.51. The third-order valence-corrected chi connectivity index (χ3v) is 3.76. The number of hydrogen-bond acceptors (Lipinski definition) is 5. The molecule has 5 nitrogen and oxygen atoms in total. The second-order valence-corrected chi connectivity index (χ2v) is 5.83. The molecule has 0 fully saturated rings. The van der Waals surface area contributed by atoms with Crippen LogP contribution in [0.15, 0.2) is 53.1 Å². The summed E-state index contributed by atoms with van der Waals surface area (Å²) in [6, 6.07) is 10.3. The summed E-state index contributed by atoms with van der Waals surface area (Å²) in [6.45, 7) is -6.18. The third kappa shape index (κ3) is 5.29. The van der Waals surface area contributed by atoms with Gasteiger partial charge in [0, 0.05) is 16.7 Å². The summed E-state index contributed by atoms with van der Waals surface area (Å²) in [5, 5.41) is 3.39. The smallest absolute Gasteiger partial charge is 0.387 e. The molecular formula is C18H13ClF4N2O3. The normalized spacial score (nSPS) is 11.1. The Labute approximate surface area is 161 Å². The zero-order chi connectivity index (χ0) is 20.1. The minimum Gasteiger partial charge on any atom is -0.439 e. The van der Waals surface area contributed by atoms with Crippen molar-refractivity contribution >= 4 is 17.3 Å². The van der Waals surface area contributed by atoms with Crippen LogP contribution < -0.4 is 14.8 Å². The summed E-state index contributed by atoms with van der Waals surface area (Å²) in [4.78, 5) is 4.10. The maximum absolute atomic E-state index is 12.6. The molecule has 0 saturated heterocycles. The van der Waals surface area contributed by atoms with Gasteiger partial charge in [-0.3, -0.25) is 0 Å². The van der Waals surface area contributed by atoms with Crippen LogP contribution in [0.25, 0.3) is 11.3 Å². The van der Waals surface area contributed by atoms with Crippen molar-refractivity contribution in [1.82, 2.24) is 4.98 Å². The highest BCUT2D eigenvalue weighted by Gasteiger charge is 2.14. The molecule has 1 aromatic heterocycles. The van der Waals surface area contributed by atoms with E-state index in [1.54, 1.807) is 24.3 Å². The van der Waals surface area contributed by atoms with Crippen LogP contribution in [0.3, 0.4) is 0 Å². The van der Waals surface area contributed by atoms with E-state index in [0.29, 0.717) is 10.8 Å². The number of rotatable bonds is 8. The largest absolute Gasteiger partial charge is 0.439 e. The molecule has 1 N–H and O–H groups in total. The first kappa shape index (κ1) is 19.8. The predicted molar refractivity (Wildman–Crippen MR) is 94.0 cm³/mol. The van der Waals surface area contributed by atoms with Gasteiger partial charge >= 0.3 is 13.2 Å². The number of benzene rings is 2. The highest BCUT2D eigenvalue weighted by Crippen LogP contribution is 2.32. The van der Waals surface area contributed by atoms with Crippen LogP contribution in [0.1, 0.15) is 5.89 Å². The number of nitrogens with one attached hydrogen (secondary N) is 1. The average molecular weight is 417 g/mol. The number of alkyl halides is 4. The van der Waals surface area contributed by atoms with Crippen LogP contribution in [0.2, 0.25) is 5.02 Å². The van der Waals surface area contributed by atoms with Crippen LogP contribution in [0.4, 0.5) is 23.2 Å². The number of hydrogen-bond donors (Lipinski definition) is 1. The van der Waals surface area contributed by atoms with Crippen molar-refractivity contribution in [2.24, 2.45) is 0 Å². The van der Waals surface area contributed by atoms with E-state index >= 15 is 0 Å². The number of anilines is 1. The standard InChI is InChI=1S/C18H13ClF4N2O3/c19-11-3-1-10(2-4-11)15-8-25-16(27-15)9-24-13-6-5-12(26-17(20)21)7-14(13)28-18(22)23/h1-8,17-18,24H,9H2. The first-order chi connectivity index (χ1) is 13.4. The van der Waals surface area contributed by atoms with Crippen molar-refractivity contribution in [2.45, 2.75) is 19.8 Å². The van der Waals surface area contributed by atoms with Gasteiger partial charge in [0.15, 0.2) is 11.5 Å². The van der Waals surface area contributed by atoms with Crippen LogP contribution in [0.5, 0.6) is 11.5 Å². The van der Waals surface area contributed by atoms with Crippen molar-refractivity contribution in [1.29, 1.82) is 0 Å². The summed E-state index contributed by atoms with van der Waals surface area (Å²) in [5.41, 5.74) is 0.895. The van der Waals surface area contributed by atoms with E-state index in [9.17, 15) is 17.6 Å². The molecule has 0 atom stereocenters. The lowest BCUT2D eigenvalue weighted by Gasteiger charge is -2.13. The van der Waals surface area contributed by atoms with Gasteiger partial charge in [-0.15, -0.1) is 0 Å². The summed E-state index contributed by atoms with van der Waals surface area (Å²) in [5.74, 6) is 0.119. The quantitative estimate of drug-likeness (QED) is 0.470. The second-order valence-electron chi connectivity index (χ2n) is 5.39. The molecular weight excluding hydrogens is 404 g/mol. The minimum atomic E-state index is -3.14. The van der Waals surface area contributed by atoms with E-state index in [2.05, 4.69) is 19.8 Å². The van der Waals surface area contributed by atoms with E-state index in [0.717, 1.165) is 11.6 Å². The van der Waals surface area contributed by atoms with Gasteiger partial charge in [0.2, 0.25) is 5.89 Å². The molecule has 0 aliphatic heterocycles. The van der Waals surface area contributed by atoms with E-state index in [1.807, 2.05) is 0 Å². The average Bonchev–Trinajstić information content (AvgIpc) is 3.09. The molecule has 2 aromatic carbocycles. The molecule has 3 rings (SSSR count). The monoisotopic (exact) mass is 416 g/mol. The van der Waals surface area contributed by atoms with Gasteiger partial charge in [-0.05, 0) is 36.4 Å². The van der Waals surface area contributed by atoms with Gasteiger partial charge in [0.1, 0.15) is 5.75 Å². The Morgan fingerprint density at radius 3 is 2.39 bits per heavy atom. The number of ether oxygens (including phenoxy) is 2. The van der Waals surface area contributed by atoms with Gasteiger partial charge < -0.3 is 19.2 Å². The van der Waals surface area contributed by atoms with Crippen LogP contribution in [0, 0.1) is 0 Å².